The van der Waals surface area contributed by atoms with E-state index in [0.29, 0.717) is 10.6 Å². The Morgan fingerprint density at radius 3 is 2.39 bits per heavy atom. The number of aliphatic hydroxyl groups excluding tert-OH is 2. The maximum Gasteiger partial charge on any atom is 0.159 e. The fraction of sp³-hybridized carbons (Fsp3) is 0.455. The van der Waals surface area contributed by atoms with E-state index in [9.17, 15) is 13.5 Å². The third-order valence-electron chi connectivity index (χ3n) is 2.59. The van der Waals surface area contributed by atoms with Gasteiger partial charge < -0.3 is 10.2 Å². The topological polar surface area (TPSA) is 74.6 Å². The molecule has 0 spiro atoms. The molecule has 0 unspecified atom stereocenters. The van der Waals surface area contributed by atoms with Crippen LogP contribution < -0.4 is 0 Å². The highest BCUT2D eigenvalue weighted by molar-refractivity contribution is 7.91. The number of hydrogen-bond donors (Lipinski definition) is 2. The second-order valence-corrected chi connectivity index (χ2v) is 7.16. The molecule has 0 fully saturated rings. The smallest absolute Gasteiger partial charge is 0.159 e. The molecular weight excluding hydrogens is 299 g/mol. The van der Waals surface area contributed by atoms with Gasteiger partial charge in [0.05, 0.1) is 33.8 Å². The molecule has 18 heavy (non-hydrogen) atoms. The minimum Gasteiger partial charge on any atom is -0.394 e. The third-order valence-corrected chi connectivity index (χ3v) is 5.53. The number of halogens is 2. The molecule has 0 heterocycles. The summed E-state index contributed by atoms with van der Waals surface area (Å²) in [7, 11) is -3.57. The molecule has 0 aliphatic heterocycles. The van der Waals surface area contributed by atoms with Crippen molar-refractivity contribution in [3.8, 4) is 0 Å². The molecule has 2 N–H and O–H groups in total. The Morgan fingerprint density at radius 2 is 1.89 bits per heavy atom. The molecule has 0 saturated heterocycles. The fourth-order valence-corrected chi connectivity index (χ4v) is 3.24. The molecule has 7 heteroatoms. The molecule has 102 valence electrons. The Hall–Kier alpha value is -0.330. The van der Waals surface area contributed by atoms with E-state index in [0.717, 1.165) is 0 Å². The van der Waals surface area contributed by atoms with Gasteiger partial charge in [-0.05, 0) is 24.6 Å². The van der Waals surface area contributed by atoms with Crippen molar-refractivity contribution in [3.63, 3.8) is 0 Å². The molecule has 0 radical (unpaired) electrons. The number of sulfone groups is 1. The van der Waals surface area contributed by atoms with Crippen molar-refractivity contribution in [2.75, 3.05) is 12.4 Å². The average molecular weight is 313 g/mol. The number of rotatable bonds is 5. The van der Waals surface area contributed by atoms with Gasteiger partial charge in [0, 0.05) is 0 Å². The highest BCUT2D eigenvalue weighted by Gasteiger charge is 2.25. The van der Waals surface area contributed by atoms with E-state index < -0.39 is 33.6 Å². The zero-order chi connectivity index (χ0) is 13.9. The van der Waals surface area contributed by atoms with Crippen LogP contribution in [0.15, 0.2) is 18.2 Å². The number of hydrogen-bond acceptors (Lipinski definition) is 4. The van der Waals surface area contributed by atoms with Gasteiger partial charge in [-0.15, -0.1) is 0 Å². The first kappa shape index (κ1) is 15.7. The highest BCUT2D eigenvalue weighted by Crippen LogP contribution is 2.29. The summed E-state index contributed by atoms with van der Waals surface area (Å²) in [6, 6.07) is 4.58. The minimum absolute atomic E-state index is 0.277. The Morgan fingerprint density at radius 1 is 1.28 bits per heavy atom. The van der Waals surface area contributed by atoms with Crippen LogP contribution in [-0.2, 0) is 9.84 Å². The van der Waals surface area contributed by atoms with E-state index in [4.69, 9.17) is 28.3 Å². The van der Waals surface area contributed by atoms with Crippen LogP contribution in [0.2, 0.25) is 10.0 Å². The molecule has 2 atom stereocenters. The van der Waals surface area contributed by atoms with E-state index in [1.165, 1.54) is 19.1 Å². The SMILES string of the molecule is C[C@H](c1ccc(Cl)c(Cl)c1)S(=O)(=O)C[C@H](O)CO. The Bertz CT molecular complexity index is 516. The van der Waals surface area contributed by atoms with E-state index in [-0.39, 0.29) is 5.02 Å². The molecule has 0 aliphatic carbocycles. The van der Waals surface area contributed by atoms with Crippen molar-refractivity contribution in [3.05, 3.63) is 33.8 Å². The van der Waals surface area contributed by atoms with Crippen LogP contribution in [0.5, 0.6) is 0 Å². The average Bonchev–Trinajstić information content (AvgIpc) is 2.31. The van der Waals surface area contributed by atoms with Gasteiger partial charge in [-0.2, -0.15) is 0 Å². The summed E-state index contributed by atoms with van der Waals surface area (Å²) in [4.78, 5) is 0. The first-order valence-electron chi connectivity index (χ1n) is 5.23. The molecule has 1 aromatic rings. The summed E-state index contributed by atoms with van der Waals surface area (Å²) >= 11 is 11.6. The monoisotopic (exact) mass is 312 g/mol. The van der Waals surface area contributed by atoms with Gasteiger partial charge in [0.15, 0.2) is 9.84 Å². The molecule has 4 nitrogen and oxygen atoms in total. The Kier molecular flexibility index (Phi) is 5.43. The quantitative estimate of drug-likeness (QED) is 0.869. The zero-order valence-corrected chi connectivity index (χ0v) is 12.0. The lowest BCUT2D eigenvalue weighted by atomic mass is 10.2. The normalized spacial score (nSPS) is 15.4. The van der Waals surface area contributed by atoms with Gasteiger partial charge >= 0.3 is 0 Å². The lowest BCUT2D eigenvalue weighted by molar-refractivity contribution is 0.112. The van der Waals surface area contributed by atoms with Crippen LogP contribution in [0.3, 0.4) is 0 Å². The van der Waals surface area contributed by atoms with Crippen LogP contribution >= 0.6 is 23.2 Å². The molecule has 0 bridgehead atoms. The largest absolute Gasteiger partial charge is 0.394 e. The van der Waals surface area contributed by atoms with E-state index >= 15 is 0 Å². The van der Waals surface area contributed by atoms with E-state index in [1.807, 2.05) is 0 Å². The molecule has 0 aromatic heterocycles. The number of aliphatic hydroxyl groups is 2. The highest BCUT2D eigenvalue weighted by atomic mass is 35.5. The van der Waals surface area contributed by atoms with Gasteiger partial charge in [0.25, 0.3) is 0 Å². The molecule has 0 amide bonds. The summed E-state index contributed by atoms with van der Waals surface area (Å²) in [6.07, 6.45) is -1.28. The molecule has 1 aromatic carbocycles. The van der Waals surface area contributed by atoms with Crippen LogP contribution in [-0.4, -0.2) is 37.1 Å². The molecule has 0 saturated carbocycles. The predicted octanol–water partition coefficient (Wildman–Crippen LogP) is 1.82. The third kappa shape index (κ3) is 3.83. The fourth-order valence-electron chi connectivity index (χ4n) is 1.44. The summed E-state index contributed by atoms with van der Waals surface area (Å²) in [5, 5.41) is 17.7. The van der Waals surface area contributed by atoms with Crippen LogP contribution in [0, 0.1) is 0 Å². The van der Waals surface area contributed by atoms with Crippen LogP contribution in [0.4, 0.5) is 0 Å². The van der Waals surface area contributed by atoms with Crippen molar-refractivity contribution in [1.82, 2.24) is 0 Å². The summed E-state index contributed by atoms with van der Waals surface area (Å²) in [5.41, 5.74) is 0.495. The predicted molar refractivity (Wildman–Crippen MR) is 71.8 cm³/mol. The second kappa shape index (κ2) is 6.21. The van der Waals surface area contributed by atoms with Crippen LogP contribution in [0.1, 0.15) is 17.7 Å². The summed E-state index contributed by atoms with van der Waals surface area (Å²) in [6.45, 7) is 0.909. The van der Waals surface area contributed by atoms with Crippen molar-refractivity contribution < 1.29 is 18.6 Å². The maximum atomic E-state index is 11.9. The van der Waals surface area contributed by atoms with E-state index in [1.54, 1.807) is 6.07 Å². The lowest BCUT2D eigenvalue weighted by Gasteiger charge is -2.16. The van der Waals surface area contributed by atoms with Crippen molar-refractivity contribution in [1.29, 1.82) is 0 Å². The van der Waals surface area contributed by atoms with Gasteiger partial charge in [-0.25, -0.2) is 8.42 Å². The maximum absolute atomic E-state index is 11.9. The van der Waals surface area contributed by atoms with Gasteiger partial charge in [-0.1, -0.05) is 29.3 Å². The lowest BCUT2D eigenvalue weighted by Crippen LogP contribution is -2.27. The van der Waals surface area contributed by atoms with Crippen molar-refractivity contribution in [2.45, 2.75) is 18.3 Å². The zero-order valence-electron chi connectivity index (χ0n) is 9.68. The van der Waals surface area contributed by atoms with E-state index in [2.05, 4.69) is 0 Å². The van der Waals surface area contributed by atoms with Crippen molar-refractivity contribution in [2.24, 2.45) is 0 Å². The minimum atomic E-state index is -3.57. The standard InChI is InChI=1S/C11H14Cl2O4S/c1-7(18(16,17)6-9(15)5-14)8-2-3-10(12)11(13)4-8/h2-4,7,9,14-15H,5-6H2,1H3/t7-,9-/m1/s1. The Balaban J connectivity index is 2.98. The van der Waals surface area contributed by atoms with Gasteiger partial charge in [0.2, 0.25) is 0 Å². The first-order chi connectivity index (χ1) is 8.27. The first-order valence-corrected chi connectivity index (χ1v) is 7.70. The summed E-state index contributed by atoms with van der Waals surface area (Å²) in [5.74, 6) is -0.495. The molecular formula is C11H14Cl2O4S. The van der Waals surface area contributed by atoms with Gasteiger partial charge in [-0.3, -0.25) is 0 Å². The Labute approximate surface area is 116 Å². The molecule has 1 rings (SSSR count). The summed E-state index contributed by atoms with van der Waals surface area (Å²) < 4.78 is 23.9. The second-order valence-electron chi connectivity index (χ2n) is 3.98. The van der Waals surface area contributed by atoms with Gasteiger partial charge in [0.1, 0.15) is 0 Å². The van der Waals surface area contributed by atoms with Crippen molar-refractivity contribution >= 4 is 33.0 Å². The molecule has 0 aliphatic rings. The van der Waals surface area contributed by atoms with Crippen LogP contribution in [0.25, 0.3) is 0 Å². The number of benzene rings is 1.